The minimum Gasteiger partial charge on any atom is -0.479 e. The number of hydrogen-bond acceptors (Lipinski definition) is 4. The molecular formula is C10H12BrNO3. The van der Waals surface area contributed by atoms with Crippen molar-refractivity contribution in [2.24, 2.45) is 0 Å². The summed E-state index contributed by atoms with van der Waals surface area (Å²) >= 11 is 3.28. The molecule has 1 aromatic rings. The highest BCUT2D eigenvalue weighted by Gasteiger charge is 2.14. The molecule has 1 rings (SSSR count). The number of carbonyl (C=O) groups is 1. The monoisotopic (exact) mass is 273 g/mol. The summed E-state index contributed by atoms with van der Waals surface area (Å²) in [5, 5.41) is 0. The lowest BCUT2D eigenvalue weighted by Gasteiger charge is -2.12. The number of methoxy groups -OCH3 is 1. The van der Waals surface area contributed by atoms with Crippen LogP contribution in [0.15, 0.2) is 22.7 Å². The summed E-state index contributed by atoms with van der Waals surface area (Å²) in [6, 6.07) is 5.12. The molecule has 1 unspecified atom stereocenters. The van der Waals surface area contributed by atoms with Gasteiger partial charge in [-0.15, -0.1) is 0 Å². The van der Waals surface area contributed by atoms with Gasteiger partial charge in [-0.05, 0) is 19.1 Å². The second-order valence-electron chi connectivity index (χ2n) is 3.00. The molecule has 0 aliphatic rings. The molecule has 2 N–H and O–H groups in total. The summed E-state index contributed by atoms with van der Waals surface area (Å²) in [6.45, 7) is 1.61. The zero-order valence-electron chi connectivity index (χ0n) is 8.49. The lowest BCUT2D eigenvalue weighted by atomic mass is 10.3. The molecule has 1 aromatic carbocycles. The number of anilines is 1. The lowest BCUT2D eigenvalue weighted by molar-refractivity contribution is -0.147. The van der Waals surface area contributed by atoms with Gasteiger partial charge in [0.1, 0.15) is 5.75 Å². The molecule has 82 valence electrons. The van der Waals surface area contributed by atoms with Crippen molar-refractivity contribution in [3.63, 3.8) is 0 Å². The van der Waals surface area contributed by atoms with Crippen LogP contribution in [-0.2, 0) is 9.53 Å². The smallest absolute Gasteiger partial charge is 0.346 e. The Morgan fingerprint density at radius 1 is 1.47 bits per heavy atom. The standard InChI is InChI=1S/C10H12BrNO3/c1-6(10(13)14-2)15-9-4-7(11)3-8(12)5-9/h3-6H,12H2,1-2H3. The normalized spacial score (nSPS) is 11.9. The van der Waals surface area contributed by atoms with Gasteiger partial charge in [0.15, 0.2) is 6.10 Å². The fourth-order valence-corrected chi connectivity index (χ4v) is 1.56. The fraction of sp³-hybridized carbons (Fsp3) is 0.300. The van der Waals surface area contributed by atoms with Crippen molar-refractivity contribution in [3.05, 3.63) is 22.7 Å². The quantitative estimate of drug-likeness (QED) is 0.676. The molecule has 0 bridgehead atoms. The SMILES string of the molecule is COC(=O)C(C)Oc1cc(N)cc(Br)c1. The fourth-order valence-electron chi connectivity index (χ4n) is 1.07. The summed E-state index contributed by atoms with van der Waals surface area (Å²) in [7, 11) is 1.32. The van der Waals surface area contributed by atoms with E-state index in [9.17, 15) is 4.79 Å². The van der Waals surface area contributed by atoms with Crippen molar-refractivity contribution in [1.29, 1.82) is 0 Å². The average molecular weight is 274 g/mol. The number of carbonyl (C=O) groups excluding carboxylic acids is 1. The van der Waals surface area contributed by atoms with E-state index in [2.05, 4.69) is 20.7 Å². The summed E-state index contributed by atoms with van der Waals surface area (Å²) in [4.78, 5) is 11.1. The number of esters is 1. The largest absolute Gasteiger partial charge is 0.479 e. The second-order valence-corrected chi connectivity index (χ2v) is 3.92. The van der Waals surface area contributed by atoms with Crippen molar-refractivity contribution in [2.45, 2.75) is 13.0 Å². The predicted molar refractivity (Wildman–Crippen MR) is 60.7 cm³/mol. The van der Waals surface area contributed by atoms with Gasteiger partial charge in [0, 0.05) is 16.2 Å². The third kappa shape index (κ3) is 3.43. The number of rotatable bonds is 3. The molecule has 0 amide bonds. The van der Waals surface area contributed by atoms with Crippen LogP contribution in [0.3, 0.4) is 0 Å². The molecule has 0 saturated heterocycles. The van der Waals surface area contributed by atoms with Crippen LogP contribution in [0.25, 0.3) is 0 Å². The number of nitrogen functional groups attached to an aromatic ring is 1. The minimum absolute atomic E-state index is 0.423. The van der Waals surface area contributed by atoms with E-state index in [4.69, 9.17) is 10.5 Å². The van der Waals surface area contributed by atoms with Crippen LogP contribution in [0.4, 0.5) is 5.69 Å². The molecule has 0 aliphatic carbocycles. The van der Waals surface area contributed by atoms with E-state index in [1.807, 2.05) is 0 Å². The summed E-state index contributed by atoms with van der Waals surface area (Å²) < 4.78 is 10.7. The van der Waals surface area contributed by atoms with Crippen molar-refractivity contribution in [1.82, 2.24) is 0 Å². The topological polar surface area (TPSA) is 61.5 Å². The van der Waals surface area contributed by atoms with Gasteiger partial charge in [0.2, 0.25) is 0 Å². The number of hydrogen-bond donors (Lipinski definition) is 1. The zero-order chi connectivity index (χ0) is 11.4. The van der Waals surface area contributed by atoms with E-state index in [0.29, 0.717) is 11.4 Å². The van der Waals surface area contributed by atoms with Crippen LogP contribution < -0.4 is 10.5 Å². The molecule has 0 fully saturated rings. The molecule has 5 heteroatoms. The molecule has 1 atom stereocenters. The number of benzene rings is 1. The van der Waals surface area contributed by atoms with Crippen LogP contribution in [0.2, 0.25) is 0 Å². The van der Waals surface area contributed by atoms with E-state index < -0.39 is 12.1 Å². The first-order valence-electron chi connectivity index (χ1n) is 4.33. The number of ether oxygens (including phenoxy) is 2. The second kappa shape index (κ2) is 5.02. The average Bonchev–Trinajstić information content (AvgIpc) is 2.14. The third-order valence-electron chi connectivity index (χ3n) is 1.74. The summed E-state index contributed by atoms with van der Waals surface area (Å²) in [5.74, 6) is 0.105. The first kappa shape index (κ1) is 11.8. The van der Waals surface area contributed by atoms with E-state index >= 15 is 0 Å². The Bertz CT molecular complexity index is 347. The van der Waals surface area contributed by atoms with Crippen LogP contribution in [0.5, 0.6) is 5.75 Å². The van der Waals surface area contributed by atoms with Crippen LogP contribution in [0, 0.1) is 0 Å². The van der Waals surface area contributed by atoms with Crippen LogP contribution in [0.1, 0.15) is 6.92 Å². The highest BCUT2D eigenvalue weighted by Crippen LogP contribution is 2.23. The van der Waals surface area contributed by atoms with E-state index in [-0.39, 0.29) is 0 Å². The Kier molecular flexibility index (Phi) is 3.96. The Morgan fingerprint density at radius 3 is 2.67 bits per heavy atom. The summed E-state index contributed by atoms with van der Waals surface area (Å²) in [6.07, 6.45) is -0.649. The van der Waals surface area contributed by atoms with Crippen molar-refractivity contribution in [2.75, 3.05) is 12.8 Å². The molecule has 0 heterocycles. The molecule has 0 radical (unpaired) electrons. The molecular weight excluding hydrogens is 262 g/mol. The van der Waals surface area contributed by atoms with Crippen LogP contribution in [-0.4, -0.2) is 19.2 Å². The maximum Gasteiger partial charge on any atom is 0.346 e. The highest BCUT2D eigenvalue weighted by atomic mass is 79.9. The summed E-state index contributed by atoms with van der Waals surface area (Å²) in [5.41, 5.74) is 6.18. The van der Waals surface area contributed by atoms with Crippen LogP contribution >= 0.6 is 15.9 Å². The Labute approximate surface area is 96.5 Å². The number of nitrogens with two attached hydrogens (primary N) is 1. The molecule has 4 nitrogen and oxygen atoms in total. The molecule has 15 heavy (non-hydrogen) atoms. The van der Waals surface area contributed by atoms with Crippen molar-refractivity contribution in [3.8, 4) is 5.75 Å². The Balaban J connectivity index is 2.76. The molecule has 0 aliphatic heterocycles. The van der Waals surface area contributed by atoms with E-state index in [1.165, 1.54) is 7.11 Å². The first-order valence-corrected chi connectivity index (χ1v) is 5.13. The number of halogens is 1. The molecule has 0 spiro atoms. The van der Waals surface area contributed by atoms with Gasteiger partial charge in [-0.2, -0.15) is 0 Å². The highest BCUT2D eigenvalue weighted by molar-refractivity contribution is 9.10. The lowest BCUT2D eigenvalue weighted by Crippen LogP contribution is -2.24. The van der Waals surface area contributed by atoms with Gasteiger partial charge >= 0.3 is 5.97 Å². The molecule has 0 saturated carbocycles. The third-order valence-corrected chi connectivity index (χ3v) is 2.20. The van der Waals surface area contributed by atoms with Gasteiger partial charge in [-0.3, -0.25) is 0 Å². The zero-order valence-corrected chi connectivity index (χ0v) is 10.1. The molecule has 0 aromatic heterocycles. The first-order chi connectivity index (χ1) is 7.02. The van der Waals surface area contributed by atoms with Crippen molar-refractivity contribution < 1.29 is 14.3 Å². The predicted octanol–water partition coefficient (Wildman–Crippen LogP) is 1.97. The Hall–Kier alpha value is -1.23. The maximum atomic E-state index is 11.1. The van der Waals surface area contributed by atoms with E-state index in [0.717, 1.165) is 4.47 Å². The van der Waals surface area contributed by atoms with Gasteiger partial charge in [0.05, 0.1) is 7.11 Å². The minimum atomic E-state index is -0.649. The maximum absolute atomic E-state index is 11.1. The van der Waals surface area contributed by atoms with E-state index in [1.54, 1.807) is 25.1 Å². The van der Waals surface area contributed by atoms with Gasteiger partial charge < -0.3 is 15.2 Å². The van der Waals surface area contributed by atoms with Crippen molar-refractivity contribution >= 4 is 27.6 Å². The van der Waals surface area contributed by atoms with Gasteiger partial charge in [-0.25, -0.2) is 4.79 Å². The van der Waals surface area contributed by atoms with Gasteiger partial charge in [-0.1, -0.05) is 15.9 Å². The van der Waals surface area contributed by atoms with Gasteiger partial charge in [0.25, 0.3) is 0 Å². The Morgan fingerprint density at radius 2 is 2.13 bits per heavy atom.